The van der Waals surface area contributed by atoms with E-state index in [1.165, 1.54) is 24.0 Å². The molecular weight excluding hydrogens is 559 g/mol. The standard InChI is InChI=1S/C27H25IN2O5/c1-17-4-6-18(7-5-17)16-29(26(32)19-8-13-23(34-2)24(14-19)35-3)22-15-25(31)30(27(22)33)21-11-9-20(28)10-12-21/h4-14,22H,15-16H2,1-3H3. The van der Waals surface area contributed by atoms with Gasteiger partial charge in [0, 0.05) is 15.7 Å². The van der Waals surface area contributed by atoms with Gasteiger partial charge in [-0.1, -0.05) is 29.8 Å². The number of carbonyl (C=O) groups is 3. The third kappa shape index (κ3) is 5.17. The summed E-state index contributed by atoms with van der Waals surface area (Å²) in [5.74, 6) is -0.233. The van der Waals surface area contributed by atoms with Crippen molar-refractivity contribution in [2.75, 3.05) is 19.1 Å². The summed E-state index contributed by atoms with van der Waals surface area (Å²) in [6.07, 6.45) is -0.0876. The van der Waals surface area contributed by atoms with Crippen LogP contribution in [0.2, 0.25) is 0 Å². The number of imide groups is 1. The molecule has 0 aliphatic carbocycles. The lowest BCUT2D eigenvalue weighted by Gasteiger charge is -2.28. The highest BCUT2D eigenvalue weighted by Crippen LogP contribution is 2.31. The monoisotopic (exact) mass is 584 g/mol. The van der Waals surface area contributed by atoms with Crippen molar-refractivity contribution in [2.24, 2.45) is 0 Å². The fourth-order valence-corrected chi connectivity index (χ4v) is 4.43. The van der Waals surface area contributed by atoms with Gasteiger partial charge in [0.1, 0.15) is 6.04 Å². The average Bonchev–Trinajstić information content (AvgIpc) is 3.16. The molecular formula is C27H25IN2O5. The summed E-state index contributed by atoms with van der Waals surface area (Å²) in [6.45, 7) is 2.16. The summed E-state index contributed by atoms with van der Waals surface area (Å²) in [5, 5.41) is 0. The second-order valence-corrected chi connectivity index (χ2v) is 9.50. The van der Waals surface area contributed by atoms with E-state index in [4.69, 9.17) is 9.47 Å². The van der Waals surface area contributed by atoms with Crippen LogP contribution in [0.5, 0.6) is 11.5 Å². The van der Waals surface area contributed by atoms with Gasteiger partial charge in [-0.25, -0.2) is 4.90 Å². The molecule has 0 radical (unpaired) electrons. The number of rotatable bonds is 7. The maximum atomic E-state index is 13.8. The zero-order valence-electron chi connectivity index (χ0n) is 19.7. The molecule has 3 aromatic carbocycles. The SMILES string of the molecule is COc1ccc(C(=O)N(Cc2ccc(C)cc2)C2CC(=O)N(c3ccc(I)cc3)C2=O)cc1OC. The minimum Gasteiger partial charge on any atom is -0.493 e. The van der Waals surface area contributed by atoms with Crippen LogP contribution < -0.4 is 14.4 Å². The first-order chi connectivity index (χ1) is 16.8. The third-order valence-electron chi connectivity index (χ3n) is 5.95. The van der Waals surface area contributed by atoms with E-state index in [-0.39, 0.29) is 24.8 Å². The summed E-state index contributed by atoms with van der Waals surface area (Å²) < 4.78 is 11.6. The van der Waals surface area contributed by atoms with Gasteiger partial charge in [0.25, 0.3) is 11.8 Å². The van der Waals surface area contributed by atoms with Gasteiger partial charge in [-0.2, -0.15) is 0 Å². The number of methoxy groups -OCH3 is 2. The number of halogens is 1. The van der Waals surface area contributed by atoms with Gasteiger partial charge in [-0.3, -0.25) is 14.4 Å². The molecule has 0 spiro atoms. The van der Waals surface area contributed by atoms with Gasteiger partial charge in [0.05, 0.1) is 26.3 Å². The second kappa shape index (κ2) is 10.5. The van der Waals surface area contributed by atoms with E-state index in [9.17, 15) is 14.4 Å². The van der Waals surface area contributed by atoms with Crippen LogP contribution in [0.15, 0.2) is 66.7 Å². The third-order valence-corrected chi connectivity index (χ3v) is 6.67. The van der Waals surface area contributed by atoms with Crippen LogP contribution in [0, 0.1) is 10.5 Å². The first-order valence-electron chi connectivity index (χ1n) is 11.0. The van der Waals surface area contributed by atoms with Crippen molar-refractivity contribution in [3.63, 3.8) is 0 Å². The smallest absolute Gasteiger partial charge is 0.257 e. The Kier molecular flexibility index (Phi) is 7.39. The van der Waals surface area contributed by atoms with Gasteiger partial charge < -0.3 is 14.4 Å². The molecule has 3 amide bonds. The van der Waals surface area contributed by atoms with E-state index >= 15 is 0 Å². The zero-order chi connectivity index (χ0) is 25.1. The summed E-state index contributed by atoms with van der Waals surface area (Å²) >= 11 is 2.16. The van der Waals surface area contributed by atoms with Crippen LogP contribution in [0.4, 0.5) is 5.69 Å². The highest BCUT2D eigenvalue weighted by molar-refractivity contribution is 14.1. The van der Waals surface area contributed by atoms with Gasteiger partial charge >= 0.3 is 0 Å². The lowest BCUT2D eigenvalue weighted by molar-refractivity contribution is -0.122. The van der Waals surface area contributed by atoms with E-state index in [0.29, 0.717) is 22.7 Å². The molecule has 0 aromatic heterocycles. The molecule has 0 bridgehead atoms. The highest BCUT2D eigenvalue weighted by atomic mass is 127. The van der Waals surface area contributed by atoms with Crippen molar-refractivity contribution in [1.29, 1.82) is 0 Å². The quantitative estimate of drug-likeness (QED) is 0.300. The number of amides is 3. The molecule has 4 rings (SSSR count). The van der Waals surface area contributed by atoms with Crippen molar-refractivity contribution in [2.45, 2.75) is 25.9 Å². The maximum Gasteiger partial charge on any atom is 0.257 e. The molecule has 180 valence electrons. The Morgan fingerprint density at radius 1 is 0.971 bits per heavy atom. The maximum absolute atomic E-state index is 13.8. The minimum absolute atomic E-state index is 0.0876. The number of ether oxygens (including phenoxy) is 2. The van der Waals surface area contributed by atoms with Crippen LogP contribution in [0.1, 0.15) is 27.9 Å². The van der Waals surface area contributed by atoms with Crippen molar-refractivity contribution in [3.05, 3.63) is 87.0 Å². The average molecular weight is 584 g/mol. The molecule has 1 aliphatic rings. The topological polar surface area (TPSA) is 76.2 Å². The van der Waals surface area contributed by atoms with Crippen molar-refractivity contribution >= 4 is 46.0 Å². The van der Waals surface area contributed by atoms with Crippen LogP contribution in [-0.4, -0.2) is 42.9 Å². The fourth-order valence-electron chi connectivity index (χ4n) is 4.07. The van der Waals surface area contributed by atoms with Gasteiger partial charge in [0.15, 0.2) is 11.5 Å². The Morgan fingerprint density at radius 3 is 2.26 bits per heavy atom. The van der Waals surface area contributed by atoms with Gasteiger partial charge in [-0.05, 0) is 77.5 Å². The van der Waals surface area contributed by atoms with Crippen LogP contribution in [0.25, 0.3) is 0 Å². The van der Waals surface area contributed by atoms with Gasteiger partial charge in [0.2, 0.25) is 5.91 Å². The Hall–Kier alpha value is -3.40. The molecule has 1 atom stereocenters. The molecule has 0 saturated carbocycles. The number of hydrogen-bond donors (Lipinski definition) is 0. The Labute approximate surface area is 217 Å². The van der Waals surface area contributed by atoms with E-state index < -0.39 is 11.9 Å². The molecule has 0 N–H and O–H groups in total. The number of carbonyl (C=O) groups excluding carboxylic acids is 3. The van der Waals surface area contributed by atoms with E-state index in [2.05, 4.69) is 22.6 Å². The number of benzene rings is 3. The first kappa shape index (κ1) is 24.7. The molecule has 1 saturated heterocycles. The summed E-state index contributed by atoms with van der Waals surface area (Å²) in [6, 6.07) is 18.8. The Morgan fingerprint density at radius 2 is 1.63 bits per heavy atom. The molecule has 7 nitrogen and oxygen atoms in total. The molecule has 1 aliphatic heterocycles. The van der Waals surface area contributed by atoms with E-state index in [1.54, 1.807) is 30.3 Å². The second-order valence-electron chi connectivity index (χ2n) is 8.25. The lowest BCUT2D eigenvalue weighted by Crippen LogP contribution is -2.45. The normalized spacial score (nSPS) is 15.3. The molecule has 8 heteroatoms. The molecule has 3 aromatic rings. The minimum atomic E-state index is -0.927. The predicted molar refractivity (Wildman–Crippen MR) is 141 cm³/mol. The lowest BCUT2D eigenvalue weighted by atomic mass is 10.1. The van der Waals surface area contributed by atoms with Crippen molar-refractivity contribution < 1.29 is 23.9 Å². The molecule has 1 heterocycles. The fraction of sp³-hybridized carbons (Fsp3) is 0.222. The highest BCUT2D eigenvalue weighted by Gasteiger charge is 2.44. The first-order valence-corrected chi connectivity index (χ1v) is 12.1. The molecule has 35 heavy (non-hydrogen) atoms. The van der Waals surface area contributed by atoms with Crippen LogP contribution >= 0.6 is 22.6 Å². The largest absolute Gasteiger partial charge is 0.493 e. The van der Waals surface area contributed by atoms with Crippen molar-refractivity contribution in [1.82, 2.24) is 4.90 Å². The van der Waals surface area contributed by atoms with Gasteiger partial charge in [-0.15, -0.1) is 0 Å². The number of nitrogens with zero attached hydrogens (tertiary/aromatic N) is 2. The van der Waals surface area contributed by atoms with Crippen LogP contribution in [-0.2, 0) is 16.1 Å². The summed E-state index contributed by atoms with van der Waals surface area (Å²) in [7, 11) is 3.01. The number of hydrogen-bond acceptors (Lipinski definition) is 5. The zero-order valence-corrected chi connectivity index (χ0v) is 21.8. The Bertz CT molecular complexity index is 1260. The van der Waals surface area contributed by atoms with Crippen molar-refractivity contribution in [3.8, 4) is 11.5 Å². The van der Waals surface area contributed by atoms with E-state index in [0.717, 1.165) is 14.7 Å². The molecule has 1 fully saturated rings. The summed E-state index contributed by atoms with van der Waals surface area (Å²) in [5.41, 5.74) is 2.78. The Balaban J connectivity index is 1.71. The van der Waals surface area contributed by atoms with Crippen LogP contribution in [0.3, 0.4) is 0 Å². The summed E-state index contributed by atoms with van der Waals surface area (Å²) in [4.78, 5) is 42.9. The molecule has 1 unspecified atom stereocenters. The number of anilines is 1. The predicted octanol–water partition coefficient (Wildman–Crippen LogP) is 4.59. The van der Waals surface area contributed by atoms with E-state index in [1.807, 2.05) is 43.3 Å². The number of aryl methyl sites for hydroxylation is 1.